The first-order chi connectivity index (χ1) is 11.0. The molecule has 0 bridgehead atoms. The van der Waals surface area contributed by atoms with Crippen LogP contribution in [0.25, 0.3) is 21.9 Å². The normalized spacial score (nSPS) is 11.2. The minimum absolute atomic E-state index is 0.0432. The van der Waals surface area contributed by atoms with E-state index in [9.17, 15) is 5.26 Å². The predicted octanol–water partition coefficient (Wildman–Crippen LogP) is 4.98. The smallest absolute Gasteiger partial charge is 0.0998 e. The lowest BCUT2D eigenvalue weighted by molar-refractivity contribution is 0.634. The molecule has 3 rings (SSSR count). The van der Waals surface area contributed by atoms with Gasteiger partial charge < -0.3 is 5.32 Å². The van der Waals surface area contributed by atoms with Crippen molar-refractivity contribution < 1.29 is 0 Å². The van der Waals surface area contributed by atoms with Crippen LogP contribution in [0.4, 0.5) is 5.69 Å². The Kier molecular flexibility index (Phi) is 3.75. The summed E-state index contributed by atoms with van der Waals surface area (Å²) >= 11 is 0. The molecule has 1 heterocycles. The number of pyridine rings is 1. The molecule has 23 heavy (non-hydrogen) atoms. The third-order valence-electron chi connectivity index (χ3n) is 3.67. The van der Waals surface area contributed by atoms with Crippen molar-refractivity contribution >= 4 is 16.5 Å². The first kappa shape index (κ1) is 15.1. The largest absolute Gasteiger partial charge is 0.380 e. The molecule has 3 heteroatoms. The Labute approximate surface area is 136 Å². The molecular weight excluding hydrogens is 282 g/mol. The number of rotatable bonds is 2. The zero-order valence-electron chi connectivity index (χ0n) is 13.6. The molecule has 1 aromatic heterocycles. The molecule has 3 aromatic rings. The molecule has 1 N–H and O–H groups in total. The maximum atomic E-state index is 9.33. The van der Waals surface area contributed by atoms with Crippen molar-refractivity contribution in [1.82, 2.24) is 4.98 Å². The van der Waals surface area contributed by atoms with Crippen LogP contribution in [-0.4, -0.2) is 10.5 Å². The second kappa shape index (κ2) is 5.73. The van der Waals surface area contributed by atoms with Gasteiger partial charge in [0.25, 0.3) is 0 Å². The summed E-state index contributed by atoms with van der Waals surface area (Å²) in [4.78, 5) is 4.30. The second-order valence-electron chi connectivity index (χ2n) is 6.61. The molecule has 0 atom stereocenters. The molecule has 0 aliphatic rings. The van der Waals surface area contributed by atoms with Gasteiger partial charge in [-0.15, -0.1) is 0 Å². The van der Waals surface area contributed by atoms with E-state index in [1.807, 2.05) is 42.6 Å². The van der Waals surface area contributed by atoms with Crippen molar-refractivity contribution in [2.75, 3.05) is 5.32 Å². The topological polar surface area (TPSA) is 48.7 Å². The third kappa shape index (κ3) is 3.02. The van der Waals surface area contributed by atoms with E-state index in [4.69, 9.17) is 0 Å². The lowest BCUT2D eigenvalue weighted by Gasteiger charge is -2.24. The summed E-state index contributed by atoms with van der Waals surface area (Å²) in [5, 5.41) is 14.9. The van der Waals surface area contributed by atoms with E-state index in [1.165, 1.54) is 0 Å². The quantitative estimate of drug-likeness (QED) is 0.726. The van der Waals surface area contributed by atoms with Crippen LogP contribution in [0.15, 0.2) is 54.9 Å². The van der Waals surface area contributed by atoms with Crippen molar-refractivity contribution in [1.29, 1.82) is 5.26 Å². The van der Waals surface area contributed by atoms with E-state index >= 15 is 0 Å². The molecule has 0 spiro atoms. The minimum Gasteiger partial charge on any atom is -0.380 e. The highest BCUT2D eigenvalue weighted by Crippen LogP contribution is 2.35. The van der Waals surface area contributed by atoms with Crippen LogP contribution in [-0.2, 0) is 0 Å². The number of nitriles is 1. The van der Waals surface area contributed by atoms with Gasteiger partial charge >= 0.3 is 0 Å². The number of nitrogens with one attached hydrogen (secondary N) is 1. The van der Waals surface area contributed by atoms with E-state index in [-0.39, 0.29) is 5.54 Å². The molecule has 0 radical (unpaired) electrons. The zero-order valence-corrected chi connectivity index (χ0v) is 13.6. The molecule has 0 aliphatic carbocycles. The monoisotopic (exact) mass is 301 g/mol. The van der Waals surface area contributed by atoms with Crippen molar-refractivity contribution in [3.63, 3.8) is 0 Å². The van der Waals surface area contributed by atoms with Gasteiger partial charge in [0, 0.05) is 34.6 Å². The van der Waals surface area contributed by atoms with Gasteiger partial charge in [0.1, 0.15) is 0 Å². The number of hydrogen-bond acceptors (Lipinski definition) is 3. The Morgan fingerprint density at radius 2 is 1.70 bits per heavy atom. The average molecular weight is 301 g/mol. The molecule has 0 saturated carbocycles. The first-order valence-corrected chi connectivity index (χ1v) is 7.64. The van der Waals surface area contributed by atoms with Crippen molar-refractivity contribution in [2.45, 2.75) is 26.3 Å². The SMILES string of the molecule is CC(C)(C)Nc1ccncc1-c1ccc(C#N)c2ccccc12. The van der Waals surface area contributed by atoms with Crippen LogP contribution in [0.1, 0.15) is 26.3 Å². The van der Waals surface area contributed by atoms with Gasteiger partial charge in [-0.2, -0.15) is 5.26 Å². The molecule has 0 amide bonds. The summed E-state index contributed by atoms with van der Waals surface area (Å²) in [5.41, 5.74) is 3.82. The highest BCUT2D eigenvalue weighted by atomic mass is 15.0. The molecule has 3 nitrogen and oxygen atoms in total. The van der Waals surface area contributed by atoms with Crippen LogP contribution >= 0.6 is 0 Å². The molecule has 0 aliphatic heterocycles. The predicted molar refractivity (Wildman–Crippen MR) is 95.3 cm³/mol. The van der Waals surface area contributed by atoms with E-state index in [1.54, 1.807) is 6.20 Å². The van der Waals surface area contributed by atoms with E-state index in [0.29, 0.717) is 5.56 Å². The number of nitrogens with zero attached hydrogens (tertiary/aromatic N) is 2. The standard InChI is InChI=1S/C20H19N3/c1-20(2,3)23-19-10-11-22-13-18(19)17-9-8-14(12-21)15-6-4-5-7-16(15)17/h4-11,13H,1-3H3,(H,22,23). The summed E-state index contributed by atoms with van der Waals surface area (Å²) in [6.45, 7) is 6.40. The van der Waals surface area contributed by atoms with Gasteiger partial charge in [-0.25, -0.2) is 0 Å². The van der Waals surface area contributed by atoms with E-state index in [0.717, 1.165) is 27.6 Å². The Hall–Kier alpha value is -2.86. The lowest BCUT2D eigenvalue weighted by Crippen LogP contribution is -2.26. The highest BCUT2D eigenvalue weighted by Gasteiger charge is 2.15. The minimum atomic E-state index is -0.0432. The summed E-state index contributed by atoms with van der Waals surface area (Å²) in [5.74, 6) is 0. The Bertz CT molecular complexity index is 899. The fourth-order valence-corrected chi connectivity index (χ4v) is 2.75. The van der Waals surface area contributed by atoms with Gasteiger partial charge in [0.2, 0.25) is 0 Å². The van der Waals surface area contributed by atoms with Gasteiger partial charge in [0.15, 0.2) is 0 Å². The Morgan fingerprint density at radius 1 is 0.957 bits per heavy atom. The van der Waals surface area contributed by atoms with Gasteiger partial charge in [-0.3, -0.25) is 4.98 Å². The van der Waals surface area contributed by atoms with Gasteiger partial charge in [-0.1, -0.05) is 30.3 Å². The van der Waals surface area contributed by atoms with E-state index in [2.05, 4.69) is 43.2 Å². The van der Waals surface area contributed by atoms with Crippen LogP contribution in [0.2, 0.25) is 0 Å². The van der Waals surface area contributed by atoms with Gasteiger partial charge in [0.05, 0.1) is 11.6 Å². The second-order valence-corrected chi connectivity index (χ2v) is 6.61. The summed E-state index contributed by atoms with van der Waals surface area (Å²) < 4.78 is 0. The lowest BCUT2D eigenvalue weighted by atomic mass is 9.95. The number of benzene rings is 2. The third-order valence-corrected chi connectivity index (χ3v) is 3.67. The van der Waals surface area contributed by atoms with Gasteiger partial charge in [-0.05, 0) is 43.9 Å². The maximum absolute atomic E-state index is 9.33. The van der Waals surface area contributed by atoms with Crippen LogP contribution in [0.5, 0.6) is 0 Å². The fraction of sp³-hybridized carbons (Fsp3) is 0.200. The molecule has 0 unspecified atom stereocenters. The van der Waals surface area contributed by atoms with Crippen LogP contribution in [0, 0.1) is 11.3 Å². The van der Waals surface area contributed by atoms with E-state index < -0.39 is 0 Å². The first-order valence-electron chi connectivity index (χ1n) is 7.64. The summed E-state index contributed by atoms with van der Waals surface area (Å²) in [7, 11) is 0. The Balaban J connectivity index is 2.25. The highest BCUT2D eigenvalue weighted by molar-refractivity contribution is 6.01. The number of hydrogen-bond donors (Lipinski definition) is 1. The molecule has 0 fully saturated rings. The van der Waals surface area contributed by atoms with Crippen LogP contribution < -0.4 is 5.32 Å². The molecular formula is C20H19N3. The van der Waals surface area contributed by atoms with Crippen molar-refractivity contribution in [3.8, 4) is 17.2 Å². The molecule has 0 saturated heterocycles. The Morgan fingerprint density at radius 3 is 2.39 bits per heavy atom. The summed E-state index contributed by atoms with van der Waals surface area (Å²) in [6, 6.07) is 16.2. The number of aromatic nitrogens is 1. The average Bonchev–Trinajstić information content (AvgIpc) is 2.53. The maximum Gasteiger partial charge on any atom is 0.0998 e. The van der Waals surface area contributed by atoms with Crippen LogP contribution in [0.3, 0.4) is 0 Å². The summed E-state index contributed by atoms with van der Waals surface area (Å²) in [6.07, 6.45) is 3.67. The molecule has 2 aromatic carbocycles. The fourth-order valence-electron chi connectivity index (χ4n) is 2.75. The number of fused-ring (bicyclic) bond motifs is 1. The molecule has 114 valence electrons. The zero-order chi connectivity index (χ0) is 16.4. The number of anilines is 1. The van der Waals surface area contributed by atoms with Crippen molar-refractivity contribution in [3.05, 3.63) is 60.4 Å². The van der Waals surface area contributed by atoms with Crippen molar-refractivity contribution in [2.24, 2.45) is 0 Å².